The number of hydrogen-bond donors (Lipinski definition) is 2. The second-order valence-electron chi connectivity index (χ2n) is 4.35. The zero-order chi connectivity index (χ0) is 15.7. The summed E-state index contributed by atoms with van der Waals surface area (Å²) in [4.78, 5) is 17.5. The minimum absolute atomic E-state index is 0.0230. The first-order valence-electron chi connectivity index (χ1n) is 5.86. The van der Waals surface area contributed by atoms with E-state index in [9.17, 15) is 13.0 Å². The Kier molecular flexibility index (Phi) is 4.20. The van der Waals surface area contributed by atoms with E-state index in [-0.39, 0.29) is 15.5 Å². The average molecular weight is 328 g/mol. The molecule has 0 fully saturated rings. The van der Waals surface area contributed by atoms with E-state index >= 15 is 0 Å². The summed E-state index contributed by atoms with van der Waals surface area (Å²) in [5.74, 6) is -0.383. The fourth-order valence-electron chi connectivity index (χ4n) is 1.72. The first kappa shape index (κ1) is 15.7. The third-order valence-corrected chi connectivity index (χ3v) is 4.93. The van der Waals surface area contributed by atoms with Gasteiger partial charge in [0.15, 0.2) is 5.75 Å². The van der Waals surface area contributed by atoms with Crippen molar-refractivity contribution in [3.63, 3.8) is 0 Å². The van der Waals surface area contributed by atoms with Crippen molar-refractivity contribution < 1.29 is 27.3 Å². The molecule has 112 valence electrons. The SMILES string of the molecule is Cc1ccc(S(=O)(=O)c2ccccc2OP(=O)(O)O)cc1. The van der Waals surface area contributed by atoms with Crippen LogP contribution in [0.2, 0.25) is 0 Å². The molecule has 0 aliphatic carbocycles. The zero-order valence-electron chi connectivity index (χ0n) is 11.0. The first-order chi connectivity index (χ1) is 9.70. The summed E-state index contributed by atoms with van der Waals surface area (Å²) in [6.45, 7) is 1.82. The molecule has 0 unspecified atom stereocenters. The van der Waals surface area contributed by atoms with Crippen LogP contribution in [0.5, 0.6) is 5.75 Å². The van der Waals surface area contributed by atoms with Crippen LogP contribution in [-0.4, -0.2) is 18.2 Å². The second-order valence-corrected chi connectivity index (χ2v) is 7.43. The highest BCUT2D eigenvalue weighted by molar-refractivity contribution is 7.91. The van der Waals surface area contributed by atoms with Crippen LogP contribution in [0.3, 0.4) is 0 Å². The summed E-state index contributed by atoms with van der Waals surface area (Å²) < 4.78 is 40.4. The number of phosphoric acid groups is 1. The lowest BCUT2D eigenvalue weighted by atomic mass is 10.2. The molecule has 0 amide bonds. The average Bonchev–Trinajstić information content (AvgIpc) is 2.37. The van der Waals surface area contributed by atoms with Crippen molar-refractivity contribution in [3.8, 4) is 5.75 Å². The van der Waals surface area contributed by atoms with Gasteiger partial charge in [-0.05, 0) is 31.2 Å². The van der Waals surface area contributed by atoms with Crippen molar-refractivity contribution in [2.45, 2.75) is 16.7 Å². The molecule has 6 nitrogen and oxygen atoms in total. The number of hydrogen-bond acceptors (Lipinski definition) is 4. The van der Waals surface area contributed by atoms with Crippen molar-refractivity contribution in [1.82, 2.24) is 0 Å². The minimum atomic E-state index is -4.85. The van der Waals surface area contributed by atoms with E-state index in [4.69, 9.17) is 9.79 Å². The summed E-state index contributed by atoms with van der Waals surface area (Å²) in [6, 6.07) is 11.4. The molecule has 0 heterocycles. The molecule has 0 spiro atoms. The predicted octanol–water partition coefficient (Wildman–Crippen LogP) is 2.30. The largest absolute Gasteiger partial charge is 0.524 e. The molecule has 0 bridgehead atoms. The lowest BCUT2D eigenvalue weighted by molar-refractivity contribution is 0.281. The van der Waals surface area contributed by atoms with Gasteiger partial charge in [-0.1, -0.05) is 29.8 Å². The molecular weight excluding hydrogens is 315 g/mol. The minimum Gasteiger partial charge on any atom is -0.403 e. The van der Waals surface area contributed by atoms with Gasteiger partial charge in [-0.15, -0.1) is 0 Å². The molecule has 0 saturated carbocycles. The standard InChI is InChI=1S/C13H13O6PS/c1-10-6-8-11(9-7-10)21(17,18)13-5-3-2-4-12(13)19-20(14,15)16/h2-9H,1H3,(H2,14,15,16). The molecule has 2 N–H and O–H groups in total. The molecule has 2 rings (SSSR count). The van der Waals surface area contributed by atoms with Crippen LogP contribution in [0.1, 0.15) is 5.56 Å². The number of para-hydroxylation sites is 1. The van der Waals surface area contributed by atoms with E-state index in [1.165, 1.54) is 36.4 Å². The Morgan fingerprint density at radius 3 is 2.14 bits per heavy atom. The molecule has 0 atom stereocenters. The maximum atomic E-state index is 12.5. The topological polar surface area (TPSA) is 101 Å². The van der Waals surface area contributed by atoms with Gasteiger partial charge in [0.25, 0.3) is 0 Å². The zero-order valence-corrected chi connectivity index (χ0v) is 12.7. The fourth-order valence-corrected chi connectivity index (χ4v) is 3.58. The molecule has 8 heteroatoms. The Morgan fingerprint density at radius 1 is 1.00 bits per heavy atom. The van der Waals surface area contributed by atoms with Crippen LogP contribution in [0.4, 0.5) is 0 Å². The van der Waals surface area contributed by atoms with E-state index < -0.39 is 17.7 Å². The molecular formula is C13H13O6PS. The smallest absolute Gasteiger partial charge is 0.403 e. The summed E-state index contributed by atoms with van der Waals surface area (Å²) >= 11 is 0. The van der Waals surface area contributed by atoms with Crippen LogP contribution in [0, 0.1) is 6.92 Å². The number of benzene rings is 2. The molecule has 21 heavy (non-hydrogen) atoms. The van der Waals surface area contributed by atoms with E-state index in [1.54, 1.807) is 12.1 Å². The second kappa shape index (κ2) is 5.61. The lowest BCUT2D eigenvalue weighted by Crippen LogP contribution is -2.05. The molecule has 2 aromatic carbocycles. The molecule has 0 aliphatic heterocycles. The van der Waals surface area contributed by atoms with Crippen molar-refractivity contribution in [3.05, 3.63) is 54.1 Å². The van der Waals surface area contributed by atoms with Crippen molar-refractivity contribution in [2.24, 2.45) is 0 Å². The van der Waals surface area contributed by atoms with Crippen LogP contribution in [0.15, 0.2) is 58.3 Å². The summed E-state index contributed by atoms with van der Waals surface area (Å²) in [7, 11) is -8.78. The van der Waals surface area contributed by atoms with Gasteiger partial charge in [0.05, 0.1) is 4.90 Å². The molecule has 0 aromatic heterocycles. The van der Waals surface area contributed by atoms with Crippen LogP contribution >= 0.6 is 7.82 Å². The van der Waals surface area contributed by atoms with Gasteiger partial charge < -0.3 is 4.52 Å². The van der Waals surface area contributed by atoms with Crippen LogP contribution < -0.4 is 4.52 Å². The number of phosphoric ester groups is 1. The Bertz CT molecular complexity index is 792. The third-order valence-electron chi connectivity index (χ3n) is 2.69. The van der Waals surface area contributed by atoms with Crippen molar-refractivity contribution >= 4 is 17.7 Å². The maximum absolute atomic E-state index is 12.5. The van der Waals surface area contributed by atoms with Crippen LogP contribution in [-0.2, 0) is 14.4 Å². The molecule has 2 aromatic rings. The van der Waals surface area contributed by atoms with E-state index in [1.807, 2.05) is 6.92 Å². The predicted molar refractivity (Wildman–Crippen MR) is 75.7 cm³/mol. The number of aryl methyl sites for hydroxylation is 1. The van der Waals surface area contributed by atoms with Crippen molar-refractivity contribution in [1.29, 1.82) is 0 Å². The van der Waals surface area contributed by atoms with Gasteiger partial charge in [0.2, 0.25) is 9.84 Å². The van der Waals surface area contributed by atoms with Crippen LogP contribution in [0.25, 0.3) is 0 Å². The Morgan fingerprint density at radius 2 is 1.57 bits per heavy atom. The van der Waals surface area contributed by atoms with E-state index in [0.29, 0.717) is 0 Å². The van der Waals surface area contributed by atoms with Gasteiger partial charge in [-0.3, -0.25) is 9.79 Å². The molecule has 0 saturated heterocycles. The summed E-state index contributed by atoms with van der Waals surface area (Å²) in [5.41, 5.74) is 0.897. The van der Waals surface area contributed by atoms with Gasteiger partial charge in [0.1, 0.15) is 4.90 Å². The number of rotatable bonds is 4. The van der Waals surface area contributed by atoms with Gasteiger partial charge in [-0.2, -0.15) is 0 Å². The van der Waals surface area contributed by atoms with Crippen molar-refractivity contribution in [2.75, 3.05) is 0 Å². The quantitative estimate of drug-likeness (QED) is 0.835. The first-order valence-corrected chi connectivity index (χ1v) is 8.87. The van der Waals surface area contributed by atoms with Gasteiger partial charge in [-0.25, -0.2) is 13.0 Å². The third kappa shape index (κ3) is 3.71. The summed E-state index contributed by atoms with van der Waals surface area (Å²) in [5, 5.41) is 0. The highest BCUT2D eigenvalue weighted by Gasteiger charge is 2.26. The number of sulfone groups is 1. The van der Waals surface area contributed by atoms with E-state index in [2.05, 4.69) is 4.52 Å². The maximum Gasteiger partial charge on any atom is 0.524 e. The summed E-state index contributed by atoms with van der Waals surface area (Å²) in [6.07, 6.45) is 0. The Hall–Kier alpha value is -1.66. The lowest BCUT2D eigenvalue weighted by Gasteiger charge is -2.12. The van der Waals surface area contributed by atoms with Gasteiger partial charge >= 0.3 is 7.82 Å². The van der Waals surface area contributed by atoms with Gasteiger partial charge in [0, 0.05) is 0 Å². The highest BCUT2D eigenvalue weighted by Crippen LogP contribution is 2.41. The highest BCUT2D eigenvalue weighted by atomic mass is 32.2. The Balaban J connectivity index is 2.55. The monoisotopic (exact) mass is 328 g/mol. The molecule has 0 aliphatic rings. The van der Waals surface area contributed by atoms with E-state index in [0.717, 1.165) is 5.56 Å². The fraction of sp³-hybridized carbons (Fsp3) is 0.0769. The Labute approximate surface area is 122 Å². The molecule has 0 radical (unpaired) electrons. The normalized spacial score (nSPS) is 12.1.